The molecule has 1 aromatic carbocycles. The maximum absolute atomic E-state index is 5.96. The van der Waals surface area contributed by atoms with Crippen molar-refractivity contribution < 1.29 is 0 Å². The molecule has 3 unspecified atom stereocenters. The van der Waals surface area contributed by atoms with Gasteiger partial charge in [0.2, 0.25) is 0 Å². The summed E-state index contributed by atoms with van der Waals surface area (Å²) in [6, 6.07) is 9.23. The smallest absolute Gasteiger partial charge is 0.0406 e. The van der Waals surface area contributed by atoms with E-state index in [1.165, 1.54) is 31.2 Å². The van der Waals surface area contributed by atoms with Crippen molar-refractivity contribution in [2.75, 3.05) is 13.6 Å². The van der Waals surface area contributed by atoms with Crippen LogP contribution in [0.15, 0.2) is 24.3 Å². The van der Waals surface area contributed by atoms with Crippen molar-refractivity contribution in [1.82, 2.24) is 4.90 Å². The van der Waals surface area contributed by atoms with Crippen LogP contribution in [0.25, 0.3) is 0 Å². The number of hydrogen-bond donors (Lipinski definition) is 1. The first-order valence-electron chi connectivity index (χ1n) is 7.31. The molecule has 3 heteroatoms. The van der Waals surface area contributed by atoms with Gasteiger partial charge in [-0.15, -0.1) is 0 Å². The normalized spacial score (nSPS) is 25.5. The zero-order chi connectivity index (χ0) is 13.8. The third-order valence-corrected chi connectivity index (χ3v) is 4.91. The largest absolute Gasteiger partial charge is 0.330 e. The van der Waals surface area contributed by atoms with Gasteiger partial charge in [-0.25, -0.2) is 0 Å². The Morgan fingerprint density at radius 1 is 1.26 bits per heavy atom. The van der Waals surface area contributed by atoms with Crippen molar-refractivity contribution in [3.63, 3.8) is 0 Å². The minimum atomic E-state index is 0.411. The van der Waals surface area contributed by atoms with Crippen molar-refractivity contribution in [3.8, 4) is 0 Å². The van der Waals surface area contributed by atoms with Crippen molar-refractivity contribution >= 4 is 11.6 Å². The van der Waals surface area contributed by atoms with Gasteiger partial charge in [-0.3, -0.25) is 4.90 Å². The van der Waals surface area contributed by atoms with Gasteiger partial charge in [-0.2, -0.15) is 0 Å². The Morgan fingerprint density at radius 2 is 1.89 bits per heavy atom. The summed E-state index contributed by atoms with van der Waals surface area (Å²) >= 11 is 5.96. The molecule has 1 aromatic rings. The average Bonchev–Trinajstić information content (AvgIpc) is 2.46. The van der Waals surface area contributed by atoms with E-state index < -0.39 is 0 Å². The van der Waals surface area contributed by atoms with Crippen LogP contribution in [0.4, 0.5) is 0 Å². The van der Waals surface area contributed by atoms with Gasteiger partial charge in [-0.05, 0) is 57.0 Å². The van der Waals surface area contributed by atoms with E-state index in [0.717, 1.165) is 11.6 Å². The van der Waals surface area contributed by atoms with Gasteiger partial charge >= 0.3 is 0 Å². The molecule has 0 aliphatic heterocycles. The molecular formula is C16H25ClN2. The lowest BCUT2D eigenvalue weighted by molar-refractivity contribution is 0.0989. The van der Waals surface area contributed by atoms with Crippen molar-refractivity contribution in [2.45, 2.75) is 44.7 Å². The van der Waals surface area contributed by atoms with E-state index in [4.69, 9.17) is 17.3 Å². The minimum absolute atomic E-state index is 0.411. The standard InChI is InChI=1S/C16H25ClN2/c1-12(13-7-9-15(17)10-8-13)19(2)16-6-4-3-5-14(16)11-18/h7-10,12,14,16H,3-6,11,18H2,1-2H3. The summed E-state index contributed by atoms with van der Waals surface area (Å²) in [5, 5.41) is 0.802. The molecule has 0 spiro atoms. The lowest BCUT2D eigenvalue weighted by atomic mass is 9.83. The molecule has 0 heterocycles. The van der Waals surface area contributed by atoms with Gasteiger partial charge in [0, 0.05) is 17.1 Å². The molecule has 2 N–H and O–H groups in total. The van der Waals surface area contributed by atoms with Crippen LogP contribution in [0, 0.1) is 5.92 Å². The van der Waals surface area contributed by atoms with Crippen LogP contribution in [-0.4, -0.2) is 24.5 Å². The molecule has 2 nitrogen and oxygen atoms in total. The van der Waals surface area contributed by atoms with Crippen LogP contribution in [0.5, 0.6) is 0 Å². The molecule has 0 saturated heterocycles. The highest BCUT2D eigenvalue weighted by molar-refractivity contribution is 6.30. The second-order valence-electron chi connectivity index (χ2n) is 5.74. The Hall–Kier alpha value is -0.570. The second-order valence-corrected chi connectivity index (χ2v) is 6.18. The SMILES string of the molecule is CC(c1ccc(Cl)cc1)N(C)C1CCCCC1CN. The average molecular weight is 281 g/mol. The van der Waals surface area contributed by atoms with Crippen molar-refractivity contribution in [3.05, 3.63) is 34.9 Å². The van der Waals surface area contributed by atoms with Crippen LogP contribution in [0.2, 0.25) is 5.02 Å². The van der Waals surface area contributed by atoms with E-state index in [9.17, 15) is 0 Å². The topological polar surface area (TPSA) is 29.3 Å². The number of hydrogen-bond acceptors (Lipinski definition) is 2. The first kappa shape index (κ1) is 14.8. The van der Waals surface area contributed by atoms with Gasteiger partial charge in [0.1, 0.15) is 0 Å². The zero-order valence-electron chi connectivity index (χ0n) is 12.0. The van der Waals surface area contributed by atoms with E-state index in [1.54, 1.807) is 0 Å². The van der Waals surface area contributed by atoms with Gasteiger partial charge in [0.15, 0.2) is 0 Å². The molecule has 3 atom stereocenters. The number of benzene rings is 1. The number of halogens is 1. The third kappa shape index (κ3) is 3.50. The summed E-state index contributed by atoms with van der Waals surface area (Å²) in [6.07, 6.45) is 5.22. The summed E-state index contributed by atoms with van der Waals surface area (Å²) < 4.78 is 0. The Kier molecular flexibility index (Phi) is 5.26. The predicted molar refractivity (Wildman–Crippen MR) is 82.4 cm³/mol. The summed E-state index contributed by atoms with van der Waals surface area (Å²) in [4.78, 5) is 2.50. The second kappa shape index (κ2) is 6.74. The fraction of sp³-hybridized carbons (Fsp3) is 0.625. The highest BCUT2D eigenvalue weighted by Gasteiger charge is 2.29. The molecule has 0 aromatic heterocycles. The van der Waals surface area contributed by atoms with Crippen molar-refractivity contribution in [2.24, 2.45) is 11.7 Å². The molecule has 106 valence electrons. The van der Waals surface area contributed by atoms with E-state index in [-0.39, 0.29) is 0 Å². The summed E-state index contributed by atoms with van der Waals surface area (Å²) in [5.74, 6) is 0.647. The molecule has 2 rings (SSSR count). The van der Waals surface area contributed by atoms with E-state index in [0.29, 0.717) is 18.0 Å². The van der Waals surface area contributed by atoms with Crippen LogP contribution >= 0.6 is 11.6 Å². The molecule has 1 aliphatic carbocycles. The Labute approximate surface area is 121 Å². The number of rotatable bonds is 4. The monoisotopic (exact) mass is 280 g/mol. The quantitative estimate of drug-likeness (QED) is 0.908. The van der Waals surface area contributed by atoms with E-state index in [2.05, 4.69) is 31.0 Å². The van der Waals surface area contributed by atoms with Crippen LogP contribution in [0.3, 0.4) is 0 Å². The van der Waals surface area contributed by atoms with Crippen LogP contribution in [-0.2, 0) is 0 Å². The number of nitrogens with zero attached hydrogens (tertiary/aromatic N) is 1. The highest BCUT2D eigenvalue weighted by Crippen LogP contribution is 2.32. The molecule has 0 amide bonds. The summed E-state index contributed by atoms with van der Waals surface area (Å²) in [5.41, 5.74) is 7.27. The fourth-order valence-electron chi connectivity index (χ4n) is 3.26. The van der Waals surface area contributed by atoms with Crippen LogP contribution in [0.1, 0.15) is 44.2 Å². The number of nitrogens with two attached hydrogens (primary N) is 1. The molecular weight excluding hydrogens is 256 g/mol. The van der Waals surface area contributed by atoms with E-state index >= 15 is 0 Å². The maximum Gasteiger partial charge on any atom is 0.0406 e. The van der Waals surface area contributed by atoms with Gasteiger partial charge in [-0.1, -0.05) is 36.6 Å². The predicted octanol–water partition coefficient (Wildman–Crippen LogP) is 3.85. The highest BCUT2D eigenvalue weighted by atomic mass is 35.5. The Balaban J connectivity index is 2.08. The van der Waals surface area contributed by atoms with E-state index in [1.807, 2.05) is 12.1 Å². The molecule has 0 radical (unpaired) electrons. The first-order valence-corrected chi connectivity index (χ1v) is 7.68. The lowest BCUT2D eigenvalue weighted by Crippen LogP contribution is -2.44. The zero-order valence-corrected chi connectivity index (χ0v) is 12.7. The molecule has 0 bridgehead atoms. The molecule has 1 saturated carbocycles. The third-order valence-electron chi connectivity index (χ3n) is 4.66. The Morgan fingerprint density at radius 3 is 2.53 bits per heavy atom. The summed E-state index contributed by atoms with van der Waals surface area (Å²) in [6.45, 7) is 3.08. The van der Waals surface area contributed by atoms with Crippen molar-refractivity contribution in [1.29, 1.82) is 0 Å². The first-order chi connectivity index (χ1) is 9.13. The molecule has 1 fully saturated rings. The lowest BCUT2D eigenvalue weighted by Gasteiger charge is -2.40. The fourth-order valence-corrected chi connectivity index (χ4v) is 3.39. The maximum atomic E-state index is 5.96. The van der Waals surface area contributed by atoms with Gasteiger partial charge in [0.05, 0.1) is 0 Å². The molecule has 19 heavy (non-hydrogen) atoms. The molecule has 1 aliphatic rings. The van der Waals surface area contributed by atoms with Gasteiger partial charge < -0.3 is 5.73 Å². The minimum Gasteiger partial charge on any atom is -0.330 e. The van der Waals surface area contributed by atoms with Gasteiger partial charge in [0.25, 0.3) is 0 Å². The Bertz CT molecular complexity index is 390. The summed E-state index contributed by atoms with van der Waals surface area (Å²) in [7, 11) is 2.23. The van der Waals surface area contributed by atoms with Crippen LogP contribution < -0.4 is 5.73 Å².